The van der Waals surface area contributed by atoms with Gasteiger partial charge in [-0.05, 0) is 12.2 Å². The number of carbonyl (C=O) groups excluding carboxylic acids is 1. The Labute approximate surface area is 79.6 Å². The molecule has 1 aliphatic rings. The van der Waals surface area contributed by atoms with E-state index in [1.807, 2.05) is 50.3 Å². The Morgan fingerprint density at radius 1 is 1.08 bits per heavy atom. The molecule has 1 aliphatic carbocycles. The van der Waals surface area contributed by atoms with Crippen LogP contribution in [-0.2, 0) is 9.53 Å². The molecule has 0 amide bonds. The smallest absolute Gasteiger partial charge is 0.303 e. The van der Waals surface area contributed by atoms with Gasteiger partial charge in [-0.3, -0.25) is 4.79 Å². The van der Waals surface area contributed by atoms with Crippen LogP contribution in [0.5, 0.6) is 0 Å². The number of ether oxygens (including phenoxy) is 1. The first kappa shape index (κ1) is 11.7. The minimum absolute atomic E-state index is 0.206. The summed E-state index contributed by atoms with van der Waals surface area (Å²) in [4.78, 5) is 10.5. The molecule has 13 heavy (non-hydrogen) atoms. The molecule has 0 aromatic rings. The minimum Gasteiger partial charge on any atom is -0.454 e. The fourth-order valence-corrected chi connectivity index (χ4v) is 0.810. The standard InChI is InChI=1S/C9H10O2.C2H6/c1-8(10)11-9-6-4-2-3-5-7-9;1-2/h2-7,9H,1H3;1-2H3. The highest BCUT2D eigenvalue weighted by Gasteiger charge is 2.02. The molecule has 0 aliphatic heterocycles. The van der Waals surface area contributed by atoms with Gasteiger partial charge in [0, 0.05) is 6.92 Å². The summed E-state index contributed by atoms with van der Waals surface area (Å²) in [6, 6.07) is 0. The molecule has 2 heteroatoms. The second-order valence-electron chi connectivity index (χ2n) is 2.23. The van der Waals surface area contributed by atoms with Gasteiger partial charge < -0.3 is 4.74 Å². The molecule has 0 bridgehead atoms. The van der Waals surface area contributed by atoms with E-state index in [-0.39, 0.29) is 12.1 Å². The predicted molar refractivity (Wildman–Crippen MR) is 54.3 cm³/mol. The minimum atomic E-state index is -0.258. The molecular formula is C11H16O2. The van der Waals surface area contributed by atoms with Crippen LogP contribution in [0.4, 0.5) is 0 Å². The van der Waals surface area contributed by atoms with E-state index >= 15 is 0 Å². The summed E-state index contributed by atoms with van der Waals surface area (Å²) in [6.07, 6.45) is 10.9. The van der Waals surface area contributed by atoms with E-state index in [9.17, 15) is 4.79 Å². The number of carbonyl (C=O) groups is 1. The predicted octanol–water partition coefficient (Wildman–Crippen LogP) is 2.63. The Morgan fingerprint density at radius 3 is 1.92 bits per heavy atom. The third-order valence-corrected chi connectivity index (χ3v) is 1.24. The molecule has 0 aromatic carbocycles. The number of hydrogen-bond acceptors (Lipinski definition) is 2. The Bertz CT molecular complexity index is 208. The molecule has 0 atom stereocenters. The molecule has 0 heterocycles. The van der Waals surface area contributed by atoms with E-state index in [1.54, 1.807) is 0 Å². The van der Waals surface area contributed by atoms with Gasteiger partial charge in [0.1, 0.15) is 6.10 Å². The van der Waals surface area contributed by atoms with Crippen LogP contribution in [0, 0.1) is 0 Å². The second-order valence-corrected chi connectivity index (χ2v) is 2.23. The van der Waals surface area contributed by atoms with Crippen molar-refractivity contribution in [2.75, 3.05) is 0 Å². The fourth-order valence-electron chi connectivity index (χ4n) is 0.810. The lowest BCUT2D eigenvalue weighted by Crippen LogP contribution is -2.09. The van der Waals surface area contributed by atoms with E-state index in [0.29, 0.717) is 0 Å². The van der Waals surface area contributed by atoms with Crippen molar-refractivity contribution in [1.82, 2.24) is 0 Å². The zero-order valence-corrected chi connectivity index (χ0v) is 8.36. The zero-order valence-electron chi connectivity index (χ0n) is 8.36. The van der Waals surface area contributed by atoms with Crippen LogP contribution in [-0.4, -0.2) is 12.1 Å². The van der Waals surface area contributed by atoms with Crippen LogP contribution in [0.1, 0.15) is 20.8 Å². The van der Waals surface area contributed by atoms with Crippen molar-refractivity contribution in [3.05, 3.63) is 36.5 Å². The van der Waals surface area contributed by atoms with E-state index in [0.717, 1.165) is 0 Å². The van der Waals surface area contributed by atoms with Crippen LogP contribution in [0.3, 0.4) is 0 Å². The fraction of sp³-hybridized carbons (Fsp3) is 0.364. The molecule has 1 rings (SSSR count). The summed E-state index contributed by atoms with van der Waals surface area (Å²) in [5.41, 5.74) is 0. The van der Waals surface area contributed by atoms with Gasteiger partial charge in [0.25, 0.3) is 0 Å². The van der Waals surface area contributed by atoms with Crippen molar-refractivity contribution in [2.24, 2.45) is 0 Å². The van der Waals surface area contributed by atoms with Gasteiger partial charge in [-0.15, -0.1) is 0 Å². The summed E-state index contributed by atoms with van der Waals surface area (Å²) < 4.78 is 4.92. The molecule has 0 radical (unpaired) electrons. The monoisotopic (exact) mass is 180 g/mol. The first-order chi connectivity index (χ1) is 6.29. The van der Waals surface area contributed by atoms with E-state index in [1.165, 1.54) is 6.92 Å². The van der Waals surface area contributed by atoms with Gasteiger partial charge in [-0.1, -0.05) is 38.2 Å². The van der Waals surface area contributed by atoms with Crippen molar-refractivity contribution in [3.8, 4) is 0 Å². The summed E-state index contributed by atoms with van der Waals surface area (Å²) in [5, 5.41) is 0. The summed E-state index contributed by atoms with van der Waals surface area (Å²) >= 11 is 0. The quantitative estimate of drug-likeness (QED) is 0.580. The first-order valence-electron chi connectivity index (χ1n) is 4.48. The van der Waals surface area contributed by atoms with Gasteiger partial charge >= 0.3 is 5.97 Å². The van der Waals surface area contributed by atoms with Crippen molar-refractivity contribution in [2.45, 2.75) is 26.9 Å². The lowest BCUT2D eigenvalue weighted by Gasteiger charge is -2.05. The Kier molecular flexibility index (Phi) is 6.60. The van der Waals surface area contributed by atoms with Crippen molar-refractivity contribution in [3.63, 3.8) is 0 Å². The van der Waals surface area contributed by atoms with Gasteiger partial charge in [0.15, 0.2) is 0 Å². The third-order valence-electron chi connectivity index (χ3n) is 1.24. The Balaban J connectivity index is 0.000000671. The lowest BCUT2D eigenvalue weighted by atomic mass is 10.3. The van der Waals surface area contributed by atoms with Gasteiger partial charge in [0.2, 0.25) is 0 Å². The Morgan fingerprint density at radius 2 is 1.54 bits per heavy atom. The third kappa shape index (κ3) is 5.91. The highest BCUT2D eigenvalue weighted by Crippen LogP contribution is 2.01. The van der Waals surface area contributed by atoms with E-state index in [2.05, 4.69) is 0 Å². The molecule has 0 fully saturated rings. The molecule has 2 nitrogen and oxygen atoms in total. The van der Waals surface area contributed by atoms with Crippen LogP contribution in [0.15, 0.2) is 36.5 Å². The van der Waals surface area contributed by atoms with Crippen LogP contribution >= 0.6 is 0 Å². The maximum atomic E-state index is 10.5. The average molecular weight is 180 g/mol. The molecule has 0 saturated carbocycles. The van der Waals surface area contributed by atoms with E-state index in [4.69, 9.17) is 4.74 Å². The first-order valence-corrected chi connectivity index (χ1v) is 4.48. The van der Waals surface area contributed by atoms with Gasteiger partial charge in [-0.25, -0.2) is 0 Å². The largest absolute Gasteiger partial charge is 0.454 e. The molecule has 72 valence electrons. The normalized spacial score (nSPS) is 14.4. The van der Waals surface area contributed by atoms with Crippen LogP contribution in [0.25, 0.3) is 0 Å². The molecule has 0 N–H and O–H groups in total. The molecule has 0 saturated heterocycles. The van der Waals surface area contributed by atoms with Crippen LogP contribution in [0.2, 0.25) is 0 Å². The van der Waals surface area contributed by atoms with Crippen molar-refractivity contribution >= 4 is 5.97 Å². The van der Waals surface area contributed by atoms with Crippen molar-refractivity contribution < 1.29 is 9.53 Å². The Hall–Kier alpha value is -1.31. The summed E-state index contributed by atoms with van der Waals surface area (Å²) in [7, 11) is 0. The molecule has 0 spiro atoms. The summed E-state index contributed by atoms with van der Waals surface area (Å²) in [5.74, 6) is -0.258. The SMILES string of the molecule is CC.CC(=O)OC1C=CC=CC=C1. The maximum Gasteiger partial charge on any atom is 0.303 e. The molecule has 0 unspecified atom stereocenters. The molecule has 0 aromatic heterocycles. The molecular weight excluding hydrogens is 164 g/mol. The number of esters is 1. The lowest BCUT2D eigenvalue weighted by molar-refractivity contribution is -0.142. The van der Waals surface area contributed by atoms with Gasteiger partial charge in [0.05, 0.1) is 0 Å². The maximum absolute atomic E-state index is 10.5. The number of allylic oxidation sites excluding steroid dienone is 4. The zero-order chi connectivity index (χ0) is 10.1. The average Bonchev–Trinajstić information content (AvgIpc) is 2.36. The topological polar surface area (TPSA) is 26.3 Å². The number of hydrogen-bond donors (Lipinski definition) is 0. The number of rotatable bonds is 1. The van der Waals surface area contributed by atoms with Gasteiger partial charge in [-0.2, -0.15) is 0 Å². The van der Waals surface area contributed by atoms with Crippen LogP contribution < -0.4 is 0 Å². The summed E-state index contributed by atoms with van der Waals surface area (Å²) in [6.45, 7) is 5.40. The van der Waals surface area contributed by atoms with Crippen molar-refractivity contribution in [1.29, 1.82) is 0 Å². The highest BCUT2D eigenvalue weighted by atomic mass is 16.5. The second kappa shape index (κ2) is 7.35. The highest BCUT2D eigenvalue weighted by molar-refractivity contribution is 5.66. The van der Waals surface area contributed by atoms with E-state index < -0.39 is 0 Å².